The number of hydrogen-bond acceptors (Lipinski definition) is 7. The van der Waals surface area contributed by atoms with Gasteiger partial charge in [0.2, 0.25) is 0 Å². The van der Waals surface area contributed by atoms with Crippen LogP contribution in [0.15, 0.2) is 69.6 Å². The molecule has 35 heavy (non-hydrogen) atoms. The number of carbonyl (C=O) groups is 1. The number of hydrogen-bond donors (Lipinski definition) is 0. The number of carbonyl (C=O) groups excluding carboxylic acids is 1. The highest BCUT2D eigenvalue weighted by molar-refractivity contribution is 7.07. The molecule has 3 aromatic rings. The van der Waals surface area contributed by atoms with Crippen molar-refractivity contribution in [1.29, 1.82) is 0 Å². The Morgan fingerprint density at radius 1 is 1.14 bits per heavy atom. The van der Waals surface area contributed by atoms with Crippen molar-refractivity contribution in [3.63, 3.8) is 0 Å². The second-order valence-corrected chi connectivity index (χ2v) is 9.77. The lowest BCUT2D eigenvalue weighted by Crippen LogP contribution is -2.40. The molecular weight excluding hydrogens is 462 g/mol. The van der Waals surface area contributed by atoms with E-state index >= 15 is 0 Å². The van der Waals surface area contributed by atoms with Crippen LogP contribution in [-0.2, 0) is 9.53 Å². The number of esters is 1. The van der Waals surface area contributed by atoms with Crippen molar-refractivity contribution in [3.05, 3.63) is 90.6 Å². The molecule has 0 saturated heterocycles. The number of para-hydroxylation sites is 1. The smallest absolute Gasteiger partial charge is 0.338 e. The number of rotatable bonds is 6. The zero-order chi connectivity index (χ0) is 25.3. The highest BCUT2D eigenvalue weighted by Gasteiger charge is 2.34. The minimum Gasteiger partial charge on any atom is -0.491 e. The summed E-state index contributed by atoms with van der Waals surface area (Å²) < 4.78 is 13.3. The molecule has 1 unspecified atom stereocenters. The molecule has 0 fully saturated rings. The number of aromatic nitrogens is 1. The molecule has 4 rings (SSSR count). The van der Waals surface area contributed by atoms with Crippen LogP contribution in [0.4, 0.5) is 5.69 Å². The van der Waals surface area contributed by atoms with E-state index in [0.717, 1.165) is 11.3 Å². The minimum atomic E-state index is -0.716. The maximum absolute atomic E-state index is 13.7. The zero-order valence-corrected chi connectivity index (χ0v) is 21.6. The lowest BCUT2D eigenvalue weighted by molar-refractivity contribution is -0.136. The number of thiazole rings is 1. The summed E-state index contributed by atoms with van der Waals surface area (Å²) in [6, 6.07) is 14.7. The minimum absolute atomic E-state index is 0.0798. The van der Waals surface area contributed by atoms with Gasteiger partial charge in [0.15, 0.2) is 4.80 Å². The van der Waals surface area contributed by atoms with E-state index in [2.05, 4.69) is 4.99 Å². The Kier molecular flexibility index (Phi) is 6.93. The van der Waals surface area contributed by atoms with Crippen LogP contribution in [0.1, 0.15) is 37.9 Å². The Morgan fingerprint density at radius 2 is 1.83 bits per heavy atom. The summed E-state index contributed by atoms with van der Waals surface area (Å²) in [6.07, 6.45) is 1.78. The van der Waals surface area contributed by atoms with Gasteiger partial charge >= 0.3 is 5.97 Å². The van der Waals surface area contributed by atoms with Gasteiger partial charge in [-0.25, -0.2) is 9.79 Å². The van der Waals surface area contributed by atoms with Crippen LogP contribution in [-0.4, -0.2) is 37.8 Å². The Bertz CT molecular complexity index is 1460. The average molecular weight is 492 g/mol. The number of nitrogens with zero attached hydrogens (tertiary/aromatic N) is 3. The second kappa shape index (κ2) is 9.92. The van der Waals surface area contributed by atoms with Gasteiger partial charge < -0.3 is 14.4 Å². The first-order valence-corrected chi connectivity index (χ1v) is 12.2. The summed E-state index contributed by atoms with van der Waals surface area (Å²) in [5.74, 6) is 0.0848. The number of fused-ring (bicyclic) bond motifs is 1. The van der Waals surface area contributed by atoms with Gasteiger partial charge in [-0.05, 0) is 50.6 Å². The second-order valence-electron chi connectivity index (χ2n) is 8.76. The summed E-state index contributed by atoms with van der Waals surface area (Å²) in [6.45, 7) is 5.64. The van der Waals surface area contributed by atoms with E-state index < -0.39 is 12.0 Å². The Labute approximate surface area is 208 Å². The molecular formula is C27H29N3O4S. The lowest BCUT2D eigenvalue weighted by Gasteiger charge is -2.26. The average Bonchev–Trinajstić information content (AvgIpc) is 3.12. The molecule has 1 aliphatic rings. The summed E-state index contributed by atoms with van der Waals surface area (Å²) >= 11 is 1.30. The molecule has 1 aromatic heterocycles. The van der Waals surface area contributed by atoms with Gasteiger partial charge in [-0.2, -0.15) is 0 Å². The highest BCUT2D eigenvalue weighted by Crippen LogP contribution is 2.36. The summed E-state index contributed by atoms with van der Waals surface area (Å²) in [5.41, 5.74) is 3.31. The van der Waals surface area contributed by atoms with Gasteiger partial charge in [0.1, 0.15) is 11.8 Å². The highest BCUT2D eigenvalue weighted by atomic mass is 32.1. The van der Waals surface area contributed by atoms with Crippen molar-refractivity contribution in [2.24, 2.45) is 4.99 Å². The molecule has 0 bridgehead atoms. The molecule has 2 heterocycles. The van der Waals surface area contributed by atoms with Gasteiger partial charge in [0.25, 0.3) is 5.56 Å². The van der Waals surface area contributed by atoms with Crippen molar-refractivity contribution in [1.82, 2.24) is 4.57 Å². The van der Waals surface area contributed by atoms with E-state index in [9.17, 15) is 9.59 Å². The van der Waals surface area contributed by atoms with Crippen LogP contribution in [0.25, 0.3) is 6.08 Å². The molecule has 1 atom stereocenters. The predicted octanol–water partition coefficient (Wildman–Crippen LogP) is 3.26. The number of ether oxygens (including phenoxy) is 2. The first kappa shape index (κ1) is 24.5. The lowest BCUT2D eigenvalue weighted by atomic mass is 9.95. The molecule has 0 saturated carbocycles. The van der Waals surface area contributed by atoms with Gasteiger partial charge in [-0.3, -0.25) is 9.36 Å². The Hall–Kier alpha value is -3.65. The van der Waals surface area contributed by atoms with E-state index in [1.165, 1.54) is 18.4 Å². The Balaban J connectivity index is 1.94. The van der Waals surface area contributed by atoms with Crippen molar-refractivity contribution in [2.45, 2.75) is 32.9 Å². The zero-order valence-electron chi connectivity index (χ0n) is 20.7. The van der Waals surface area contributed by atoms with Crippen molar-refractivity contribution in [2.75, 3.05) is 26.1 Å². The van der Waals surface area contributed by atoms with E-state index in [1.807, 2.05) is 87.4 Å². The predicted molar refractivity (Wildman–Crippen MR) is 139 cm³/mol. The summed E-state index contributed by atoms with van der Waals surface area (Å²) in [5, 5.41) is 0. The molecule has 0 radical (unpaired) electrons. The largest absolute Gasteiger partial charge is 0.491 e. The number of anilines is 1. The number of allylic oxidation sites excluding steroid dienone is 1. The van der Waals surface area contributed by atoms with Gasteiger partial charge in [0, 0.05) is 25.3 Å². The van der Waals surface area contributed by atoms with Crippen molar-refractivity contribution in [3.8, 4) is 5.75 Å². The van der Waals surface area contributed by atoms with Crippen LogP contribution in [0.5, 0.6) is 5.75 Å². The molecule has 7 nitrogen and oxygen atoms in total. The molecule has 0 amide bonds. The third-order valence-electron chi connectivity index (χ3n) is 5.71. The first-order valence-electron chi connectivity index (χ1n) is 11.3. The molecule has 0 N–H and O–H groups in total. The molecule has 0 spiro atoms. The first-order chi connectivity index (χ1) is 16.7. The van der Waals surface area contributed by atoms with Crippen LogP contribution in [0.2, 0.25) is 0 Å². The number of benzene rings is 2. The van der Waals surface area contributed by atoms with E-state index in [0.29, 0.717) is 31.9 Å². The normalized spacial score (nSPS) is 15.6. The van der Waals surface area contributed by atoms with Gasteiger partial charge in [0.05, 0.1) is 29.0 Å². The summed E-state index contributed by atoms with van der Waals surface area (Å²) in [7, 11) is 5.29. The van der Waals surface area contributed by atoms with E-state index in [4.69, 9.17) is 9.47 Å². The van der Waals surface area contributed by atoms with Crippen LogP contribution in [0.3, 0.4) is 0 Å². The van der Waals surface area contributed by atoms with Crippen LogP contribution >= 0.6 is 11.3 Å². The van der Waals surface area contributed by atoms with Crippen LogP contribution < -0.4 is 24.5 Å². The molecule has 8 heteroatoms. The monoisotopic (exact) mass is 491 g/mol. The molecule has 2 aromatic carbocycles. The SMILES string of the molecule is COC(=O)C1=C(C)N=c2s/c(=C/c3ccc(N(C)C)cc3)c(=O)n2C1c1ccccc1OC(C)C. The van der Waals surface area contributed by atoms with E-state index in [1.54, 1.807) is 11.5 Å². The van der Waals surface area contributed by atoms with E-state index in [-0.39, 0.29) is 11.7 Å². The standard InChI is InChI=1S/C27H29N3O4S/c1-16(2)34-21-10-8-7-9-20(21)24-23(26(32)33-6)17(3)28-27-30(24)25(31)22(35-27)15-18-11-13-19(14-12-18)29(4)5/h7-16,24H,1-6H3/b22-15+. The maximum Gasteiger partial charge on any atom is 0.338 e. The summed E-state index contributed by atoms with van der Waals surface area (Å²) in [4.78, 5) is 33.8. The molecule has 1 aliphatic heterocycles. The third kappa shape index (κ3) is 4.79. The van der Waals surface area contributed by atoms with Crippen molar-refractivity contribution >= 4 is 29.1 Å². The maximum atomic E-state index is 13.7. The topological polar surface area (TPSA) is 73.1 Å². The van der Waals surface area contributed by atoms with Crippen molar-refractivity contribution < 1.29 is 14.3 Å². The van der Waals surface area contributed by atoms with Gasteiger partial charge in [-0.1, -0.05) is 41.7 Å². The quantitative estimate of drug-likeness (QED) is 0.495. The Morgan fingerprint density at radius 3 is 2.46 bits per heavy atom. The third-order valence-corrected chi connectivity index (χ3v) is 6.69. The van der Waals surface area contributed by atoms with Gasteiger partial charge in [-0.15, -0.1) is 0 Å². The molecule has 0 aliphatic carbocycles. The van der Waals surface area contributed by atoms with Crippen LogP contribution in [0, 0.1) is 0 Å². The fourth-order valence-corrected chi connectivity index (χ4v) is 5.12. The fourth-order valence-electron chi connectivity index (χ4n) is 4.07. The number of methoxy groups -OCH3 is 1. The molecule has 182 valence electrons. The fraction of sp³-hybridized carbons (Fsp3) is 0.296.